The first-order valence-corrected chi connectivity index (χ1v) is 8.13. The van der Waals surface area contributed by atoms with E-state index in [-0.39, 0.29) is 10.4 Å². The Morgan fingerprint density at radius 3 is 2.95 bits per heavy atom. The molecule has 2 heterocycles. The fourth-order valence-corrected chi connectivity index (χ4v) is 4.00. The molecule has 0 radical (unpaired) electrons. The Morgan fingerprint density at radius 1 is 1.53 bits per heavy atom. The molecule has 1 aromatic carbocycles. The molecule has 1 aromatic heterocycles. The molecule has 19 heavy (non-hydrogen) atoms. The minimum atomic E-state index is -0.437. The van der Waals surface area contributed by atoms with Gasteiger partial charge in [-0.2, -0.15) is 11.8 Å². The van der Waals surface area contributed by atoms with Crippen molar-refractivity contribution in [2.45, 2.75) is 24.8 Å². The number of hydrogen-bond donors (Lipinski definition) is 0. The van der Waals surface area contributed by atoms with E-state index in [2.05, 4.69) is 9.55 Å². The molecule has 1 fully saturated rings. The zero-order chi connectivity index (χ0) is 13.6. The standard InChI is InChI=1S/C13H13Cl2FN2S/c1-7(14)13-17-11-5-10(16)9(15)4-12(11)18(13)8-2-3-19-6-8/h4-5,7-8H,2-3,6H2,1H3. The van der Waals surface area contributed by atoms with E-state index in [1.165, 1.54) is 6.07 Å². The Labute approximate surface area is 125 Å². The summed E-state index contributed by atoms with van der Waals surface area (Å²) in [7, 11) is 0. The van der Waals surface area contributed by atoms with Gasteiger partial charge in [0.15, 0.2) is 0 Å². The summed E-state index contributed by atoms with van der Waals surface area (Å²) < 4.78 is 15.7. The fraction of sp³-hybridized carbons (Fsp3) is 0.462. The highest BCUT2D eigenvalue weighted by Crippen LogP contribution is 2.36. The molecule has 2 aromatic rings. The average molecular weight is 319 g/mol. The van der Waals surface area contributed by atoms with Crippen LogP contribution in [0.3, 0.4) is 0 Å². The number of alkyl halides is 1. The van der Waals surface area contributed by atoms with Crippen molar-refractivity contribution in [2.75, 3.05) is 11.5 Å². The second-order valence-corrected chi connectivity index (χ2v) is 6.94. The zero-order valence-electron chi connectivity index (χ0n) is 10.4. The summed E-state index contributed by atoms with van der Waals surface area (Å²) in [6.45, 7) is 1.89. The molecule has 2 atom stereocenters. The lowest BCUT2D eigenvalue weighted by molar-refractivity contribution is 0.549. The van der Waals surface area contributed by atoms with Crippen molar-refractivity contribution in [1.29, 1.82) is 0 Å². The third kappa shape index (κ3) is 2.34. The summed E-state index contributed by atoms with van der Waals surface area (Å²) in [5, 5.41) is -0.0760. The van der Waals surface area contributed by atoms with E-state index in [9.17, 15) is 4.39 Å². The van der Waals surface area contributed by atoms with Gasteiger partial charge in [0.05, 0.1) is 21.4 Å². The molecule has 1 aliphatic heterocycles. The van der Waals surface area contributed by atoms with E-state index in [4.69, 9.17) is 23.2 Å². The second kappa shape index (κ2) is 5.15. The molecule has 0 saturated carbocycles. The number of imidazole rings is 1. The van der Waals surface area contributed by atoms with Gasteiger partial charge < -0.3 is 4.57 Å². The van der Waals surface area contributed by atoms with Crippen LogP contribution in [0.5, 0.6) is 0 Å². The molecular formula is C13H13Cl2FN2S. The maximum atomic E-state index is 13.5. The van der Waals surface area contributed by atoms with E-state index in [0.29, 0.717) is 11.6 Å². The largest absolute Gasteiger partial charge is 0.323 e. The van der Waals surface area contributed by atoms with Crippen LogP contribution < -0.4 is 0 Å². The van der Waals surface area contributed by atoms with Crippen LogP contribution in [0.1, 0.15) is 30.6 Å². The van der Waals surface area contributed by atoms with Crippen LogP contribution in [-0.2, 0) is 0 Å². The molecule has 3 rings (SSSR count). The number of thioether (sulfide) groups is 1. The van der Waals surface area contributed by atoms with E-state index in [1.54, 1.807) is 6.07 Å². The maximum Gasteiger partial charge on any atom is 0.144 e. The van der Waals surface area contributed by atoms with Gasteiger partial charge in [-0.05, 0) is 25.2 Å². The van der Waals surface area contributed by atoms with Crippen LogP contribution in [0.2, 0.25) is 5.02 Å². The molecule has 0 N–H and O–H groups in total. The molecule has 0 aliphatic carbocycles. The predicted octanol–water partition coefficient (Wildman–Crippen LogP) is 4.81. The third-order valence-electron chi connectivity index (χ3n) is 3.39. The van der Waals surface area contributed by atoms with Crippen molar-refractivity contribution < 1.29 is 4.39 Å². The van der Waals surface area contributed by atoms with Gasteiger partial charge >= 0.3 is 0 Å². The molecule has 2 nitrogen and oxygen atoms in total. The van der Waals surface area contributed by atoms with E-state index in [1.807, 2.05) is 18.7 Å². The van der Waals surface area contributed by atoms with Crippen LogP contribution in [0.15, 0.2) is 12.1 Å². The van der Waals surface area contributed by atoms with Crippen molar-refractivity contribution in [3.63, 3.8) is 0 Å². The summed E-state index contributed by atoms with van der Waals surface area (Å²) in [6, 6.07) is 3.41. The molecule has 1 saturated heterocycles. The first-order valence-electron chi connectivity index (χ1n) is 6.16. The van der Waals surface area contributed by atoms with Crippen LogP contribution in [-0.4, -0.2) is 21.1 Å². The van der Waals surface area contributed by atoms with E-state index < -0.39 is 5.82 Å². The number of rotatable bonds is 2. The predicted molar refractivity (Wildman–Crippen MR) is 79.9 cm³/mol. The van der Waals surface area contributed by atoms with Gasteiger partial charge in [-0.25, -0.2) is 9.37 Å². The lowest BCUT2D eigenvalue weighted by Gasteiger charge is -2.16. The van der Waals surface area contributed by atoms with Crippen molar-refractivity contribution >= 4 is 46.0 Å². The van der Waals surface area contributed by atoms with Crippen LogP contribution >= 0.6 is 35.0 Å². The minimum Gasteiger partial charge on any atom is -0.323 e. The topological polar surface area (TPSA) is 17.8 Å². The van der Waals surface area contributed by atoms with Gasteiger partial charge in [-0.15, -0.1) is 11.6 Å². The van der Waals surface area contributed by atoms with E-state index >= 15 is 0 Å². The van der Waals surface area contributed by atoms with Crippen LogP contribution in [0.4, 0.5) is 4.39 Å². The average Bonchev–Trinajstić information content (AvgIpc) is 2.96. The number of aromatic nitrogens is 2. The maximum absolute atomic E-state index is 13.5. The van der Waals surface area contributed by atoms with Gasteiger partial charge in [0, 0.05) is 17.9 Å². The van der Waals surface area contributed by atoms with Crippen molar-refractivity contribution in [3.05, 3.63) is 28.8 Å². The highest BCUT2D eigenvalue weighted by atomic mass is 35.5. The summed E-state index contributed by atoms with van der Waals surface area (Å²) >= 11 is 14.0. The summed E-state index contributed by atoms with van der Waals surface area (Å²) in [5.74, 6) is 2.53. The summed E-state index contributed by atoms with van der Waals surface area (Å²) in [6.07, 6.45) is 1.09. The summed E-state index contributed by atoms with van der Waals surface area (Å²) in [4.78, 5) is 4.48. The summed E-state index contributed by atoms with van der Waals surface area (Å²) in [5.41, 5.74) is 1.50. The first kappa shape index (κ1) is 13.5. The minimum absolute atomic E-state index is 0.132. The van der Waals surface area contributed by atoms with Crippen molar-refractivity contribution in [3.8, 4) is 0 Å². The van der Waals surface area contributed by atoms with Crippen molar-refractivity contribution in [1.82, 2.24) is 9.55 Å². The van der Waals surface area contributed by atoms with Crippen LogP contribution in [0.25, 0.3) is 11.0 Å². The molecule has 0 bridgehead atoms. The molecular weight excluding hydrogens is 306 g/mol. The first-order chi connectivity index (χ1) is 9.08. The lowest BCUT2D eigenvalue weighted by atomic mass is 10.2. The fourth-order valence-electron chi connectivity index (χ4n) is 2.50. The quantitative estimate of drug-likeness (QED) is 0.740. The Morgan fingerprint density at radius 2 is 2.32 bits per heavy atom. The van der Waals surface area contributed by atoms with Gasteiger partial charge in [0.1, 0.15) is 11.6 Å². The third-order valence-corrected chi connectivity index (χ3v) is 5.02. The Hall–Kier alpha value is -0.450. The highest BCUT2D eigenvalue weighted by molar-refractivity contribution is 7.99. The Kier molecular flexibility index (Phi) is 3.67. The number of fused-ring (bicyclic) bond motifs is 1. The van der Waals surface area contributed by atoms with Gasteiger partial charge in [-0.1, -0.05) is 11.6 Å². The van der Waals surface area contributed by atoms with Gasteiger partial charge in [0.25, 0.3) is 0 Å². The monoisotopic (exact) mass is 318 g/mol. The molecule has 0 spiro atoms. The normalized spacial score (nSPS) is 21.2. The van der Waals surface area contributed by atoms with Crippen molar-refractivity contribution in [2.24, 2.45) is 0 Å². The lowest BCUT2D eigenvalue weighted by Crippen LogP contribution is -2.12. The number of nitrogens with zero attached hydrogens (tertiary/aromatic N) is 2. The SMILES string of the molecule is CC(Cl)c1nc2cc(F)c(Cl)cc2n1C1CCSC1. The molecule has 0 amide bonds. The number of hydrogen-bond acceptors (Lipinski definition) is 2. The molecule has 102 valence electrons. The molecule has 6 heteroatoms. The molecule has 2 unspecified atom stereocenters. The number of halogens is 3. The van der Waals surface area contributed by atoms with Gasteiger partial charge in [0.2, 0.25) is 0 Å². The molecule has 1 aliphatic rings. The smallest absolute Gasteiger partial charge is 0.144 e. The van der Waals surface area contributed by atoms with Gasteiger partial charge in [-0.3, -0.25) is 0 Å². The zero-order valence-corrected chi connectivity index (χ0v) is 12.7. The highest BCUT2D eigenvalue weighted by Gasteiger charge is 2.25. The Balaban J connectivity index is 2.25. The van der Waals surface area contributed by atoms with E-state index in [0.717, 1.165) is 29.3 Å². The second-order valence-electron chi connectivity index (χ2n) is 4.73. The Bertz CT molecular complexity index is 621. The van der Waals surface area contributed by atoms with Crippen LogP contribution in [0, 0.1) is 5.82 Å². The number of benzene rings is 1.